The highest BCUT2D eigenvalue weighted by Crippen LogP contribution is 2.46. The van der Waals surface area contributed by atoms with E-state index >= 15 is 0 Å². The smallest absolute Gasteiger partial charge is 0.145 e. The van der Waals surface area contributed by atoms with E-state index < -0.39 is 0 Å². The first-order chi connectivity index (χ1) is 19.2. The van der Waals surface area contributed by atoms with Crippen LogP contribution in [0.15, 0.2) is 120 Å². The lowest BCUT2D eigenvalue weighted by molar-refractivity contribution is 0.673. The van der Waals surface area contributed by atoms with Crippen LogP contribution in [0.25, 0.3) is 82.4 Å². The zero-order chi connectivity index (χ0) is 25.7. The largest absolute Gasteiger partial charge is 0.455 e. The minimum Gasteiger partial charge on any atom is -0.455 e. The molecule has 5 aromatic carbocycles. The first-order valence-electron chi connectivity index (χ1n) is 13.3. The van der Waals surface area contributed by atoms with Gasteiger partial charge < -0.3 is 8.82 Å². The molecule has 0 amide bonds. The maximum absolute atomic E-state index is 6.60. The Kier molecular flexibility index (Phi) is 3.99. The topological polar surface area (TPSA) is 30.4 Å². The van der Waals surface area contributed by atoms with Crippen molar-refractivity contribution in [3.05, 3.63) is 121 Å². The van der Waals surface area contributed by atoms with E-state index in [4.69, 9.17) is 4.42 Å². The Morgan fingerprint density at radius 3 is 2.23 bits per heavy atom. The van der Waals surface area contributed by atoms with Gasteiger partial charge in [0.15, 0.2) is 0 Å². The molecule has 0 aliphatic rings. The lowest BCUT2D eigenvalue weighted by Gasteiger charge is -2.05. The molecular formula is C36H22N2O. The summed E-state index contributed by atoms with van der Waals surface area (Å²) in [6.07, 6.45) is 1.89. The van der Waals surface area contributed by atoms with Crippen molar-refractivity contribution >= 4 is 60.0 Å². The number of hydrogen-bond acceptors (Lipinski definition) is 2. The van der Waals surface area contributed by atoms with E-state index in [-0.39, 0.29) is 0 Å². The van der Waals surface area contributed by atoms with E-state index in [0.29, 0.717) is 0 Å². The SMILES string of the molecule is Cc1ccnc(-c2ccc3c(c2)c2c4oc5ccccc5c4cc4c5cc(-c6ccccc6)ccc5n3c42)c1. The van der Waals surface area contributed by atoms with Crippen LogP contribution < -0.4 is 0 Å². The third-order valence-corrected chi connectivity index (χ3v) is 8.22. The molecule has 4 aromatic heterocycles. The van der Waals surface area contributed by atoms with Crippen LogP contribution in [-0.2, 0) is 0 Å². The predicted octanol–water partition coefficient (Wildman–Crippen LogP) is 9.77. The van der Waals surface area contributed by atoms with Crippen LogP contribution in [0.3, 0.4) is 0 Å². The molecule has 182 valence electrons. The van der Waals surface area contributed by atoms with E-state index in [0.717, 1.165) is 33.2 Å². The molecule has 9 rings (SSSR count). The van der Waals surface area contributed by atoms with Gasteiger partial charge in [-0.05, 0) is 72.1 Å². The summed E-state index contributed by atoms with van der Waals surface area (Å²) in [7, 11) is 0. The van der Waals surface area contributed by atoms with Gasteiger partial charge in [-0.2, -0.15) is 0 Å². The van der Waals surface area contributed by atoms with Gasteiger partial charge in [-0.25, -0.2) is 0 Å². The molecule has 0 aliphatic carbocycles. The number of furan rings is 1. The number of aromatic nitrogens is 2. The monoisotopic (exact) mass is 498 g/mol. The molecule has 0 fully saturated rings. The van der Waals surface area contributed by atoms with Crippen molar-refractivity contribution in [1.82, 2.24) is 9.38 Å². The van der Waals surface area contributed by atoms with Gasteiger partial charge in [-0.3, -0.25) is 4.98 Å². The molecule has 0 N–H and O–H groups in total. The molecule has 0 saturated heterocycles. The normalized spacial score (nSPS) is 12.2. The minimum absolute atomic E-state index is 0.919. The van der Waals surface area contributed by atoms with Crippen LogP contribution in [0.1, 0.15) is 5.56 Å². The van der Waals surface area contributed by atoms with Gasteiger partial charge in [0.25, 0.3) is 0 Å². The number of aryl methyl sites for hydroxylation is 1. The molecule has 3 heteroatoms. The third kappa shape index (κ3) is 2.79. The summed E-state index contributed by atoms with van der Waals surface area (Å²) in [5.74, 6) is 0. The van der Waals surface area contributed by atoms with Gasteiger partial charge in [0, 0.05) is 38.7 Å². The summed E-state index contributed by atoms with van der Waals surface area (Å²) >= 11 is 0. The van der Waals surface area contributed by atoms with Crippen LogP contribution in [-0.4, -0.2) is 9.38 Å². The highest BCUT2D eigenvalue weighted by Gasteiger charge is 2.23. The van der Waals surface area contributed by atoms with Crippen LogP contribution in [0.2, 0.25) is 0 Å². The molecule has 0 radical (unpaired) electrons. The fourth-order valence-electron chi connectivity index (χ4n) is 6.45. The Morgan fingerprint density at radius 2 is 1.36 bits per heavy atom. The predicted molar refractivity (Wildman–Crippen MR) is 162 cm³/mol. The Morgan fingerprint density at radius 1 is 0.590 bits per heavy atom. The lowest BCUT2D eigenvalue weighted by atomic mass is 9.99. The summed E-state index contributed by atoms with van der Waals surface area (Å²) in [5.41, 5.74) is 11.2. The molecule has 3 nitrogen and oxygen atoms in total. The number of fused-ring (bicyclic) bond motifs is 10. The van der Waals surface area contributed by atoms with Crippen molar-refractivity contribution in [3.8, 4) is 22.4 Å². The van der Waals surface area contributed by atoms with Crippen molar-refractivity contribution in [3.63, 3.8) is 0 Å². The Bertz CT molecular complexity index is 2390. The number of pyridine rings is 1. The van der Waals surface area contributed by atoms with Crippen LogP contribution in [0.5, 0.6) is 0 Å². The molecule has 39 heavy (non-hydrogen) atoms. The molecule has 0 unspecified atom stereocenters. The number of nitrogens with zero attached hydrogens (tertiary/aromatic N) is 2. The highest BCUT2D eigenvalue weighted by molar-refractivity contribution is 6.33. The summed E-state index contributed by atoms with van der Waals surface area (Å²) in [6.45, 7) is 2.11. The zero-order valence-electron chi connectivity index (χ0n) is 21.3. The first-order valence-corrected chi connectivity index (χ1v) is 13.3. The van der Waals surface area contributed by atoms with Crippen LogP contribution in [0.4, 0.5) is 0 Å². The van der Waals surface area contributed by atoms with E-state index in [2.05, 4.69) is 113 Å². The Balaban J connectivity index is 1.48. The van der Waals surface area contributed by atoms with E-state index in [1.165, 1.54) is 54.8 Å². The van der Waals surface area contributed by atoms with Gasteiger partial charge in [-0.1, -0.05) is 60.7 Å². The Labute approximate surface area is 223 Å². The second-order valence-corrected chi connectivity index (χ2v) is 10.5. The van der Waals surface area contributed by atoms with Gasteiger partial charge in [0.1, 0.15) is 11.2 Å². The van der Waals surface area contributed by atoms with Crippen molar-refractivity contribution < 1.29 is 4.42 Å². The number of benzene rings is 5. The fraction of sp³-hybridized carbons (Fsp3) is 0.0278. The van der Waals surface area contributed by atoms with E-state index in [1.54, 1.807) is 0 Å². The van der Waals surface area contributed by atoms with Crippen molar-refractivity contribution in [2.75, 3.05) is 0 Å². The zero-order valence-corrected chi connectivity index (χ0v) is 21.3. The van der Waals surface area contributed by atoms with Gasteiger partial charge >= 0.3 is 0 Å². The third-order valence-electron chi connectivity index (χ3n) is 8.22. The fourth-order valence-corrected chi connectivity index (χ4v) is 6.45. The number of hydrogen-bond donors (Lipinski definition) is 0. The quantitative estimate of drug-likeness (QED) is 0.237. The second kappa shape index (κ2) is 7.46. The molecule has 0 spiro atoms. The minimum atomic E-state index is 0.919. The summed E-state index contributed by atoms with van der Waals surface area (Å²) in [5, 5.41) is 7.17. The van der Waals surface area contributed by atoms with Crippen molar-refractivity contribution in [1.29, 1.82) is 0 Å². The lowest BCUT2D eigenvalue weighted by Crippen LogP contribution is -1.85. The first kappa shape index (κ1) is 20.9. The standard InChI is InChI=1S/C36H22N2O/c1-21-15-16-37-30(17-21)24-12-14-32-29(19-24)34-35-27(20-28-25-9-5-6-10-33(25)39-36(28)34)26-18-23(11-13-31(26)38(32)35)22-7-3-2-4-8-22/h2-20H,1H3. The summed E-state index contributed by atoms with van der Waals surface area (Å²) in [6, 6.07) is 39.1. The van der Waals surface area contributed by atoms with E-state index in [9.17, 15) is 0 Å². The van der Waals surface area contributed by atoms with Gasteiger partial charge in [0.2, 0.25) is 0 Å². The number of para-hydroxylation sites is 1. The molecular weight excluding hydrogens is 476 g/mol. The highest BCUT2D eigenvalue weighted by atomic mass is 16.3. The average molecular weight is 499 g/mol. The summed E-state index contributed by atoms with van der Waals surface area (Å²) < 4.78 is 9.02. The second-order valence-electron chi connectivity index (χ2n) is 10.5. The molecule has 0 bridgehead atoms. The van der Waals surface area contributed by atoms with Crippen LogP contribution in [0, 0.1) is 6.92 Å². The Hall–Kier alpha value is -5.15. The maximum atomic E-state index is 6.60. The van der Waals surface area contributed by atoms with Gasteiger partial charge in [0.05, 0.1) is 27.6 Å². The molecule has 4 heterocycles. The van der Waals surface area contributed by atoms with Crippen LogP contribution >= 0.6 is 0 Å². The molecule has 0 saturated carbocycles. The van der Waals surface area contributed by atoms with Crippen molar-refractivity contribution in [2.24, 2.45) is 0 Å². The molecule has 0 atom stereocenters. The summed E-state index contributed by atoms with van der Waals surface area (Å²) in [4.78, 5) is 4.68. The average Bonchev–Trinajstić information content (AvgIpc) is 3.63. The molecule has 0 aliphatic heterocycles. The molecule has 9 aromatic rings. The van der Waals surface area contributed by atoms with Crippen molar-refractivity contribution in [2.45, 2.75) is 6.92 Å². The van der Waals surface area contributed by atoms with E-state index in [1.807, 2.05) is 18.3 Å². The number of rotatable bonds is 2. The maximum Gasteiger partial charge on any atom is 0.145 e. The van der Waals surface area contributed by atoms with Gasteiger partial charge in [-0.15, -0.1) is 0 Å².